The van der Waals surface area contributed by atoms with E-state index in [1.54, 1.807) is 0 Å². The minimum Gasteiger partial charge on any atom is -0.0843 e. The van der Waals surface area contributed by atoms with E-state index in [0.717, 1.165) is 5.02 Å². The highest BCUT2D eigenvalue weighted by Crippen LogP contribution is 2.32. The molecule has 0 saturated carbocycles. The Balaban J connectivity index is 2.04. The van der Waals surface area contributed by atoms with Gasteiger partial charge in [-0.3, -0.25) is 0 Å². The molecule has 0 amide bonds. The van der Waals surface area contributed by atoms with Gasteiger partial charge in [0.1, 0.15) is 0 Å². The number of hydrogen-bond donors (Lipinski definition) is 0. The van der Waals surface area contributed by atoms with Crippen LogP contribution in [0.5, 0.6) is 0 Å². The smallest absolute Gasteiger partial charge is 0.0406 e. The number of hydrogen-bond acceptors (Lipinski definition) is 0. The molecule has 0 atom stereocenters. The second kappa shape index (κ2) is 4.91. The van der Waals surface area contributed by atoms with Gasteiger partial charge in [-0.05, 0) is 56.9 Å². The molecule has 0 saturated heterocycles. The summed E-state index contributed by atoms with van der Waals surface area (Å²) in [7, 11) is 0. The zero-order chi connectivity index (χ0) is 14.2. The largest absolute Gasteiger partial charge is 0.0843 e. The quantitative estimate of drug-likeness (QED) is 0.360. The van der Waals surface area contributed by atoms with Crippen LogP contribution in [0.15, 0.2) is 78.9 Å². The first-order valence-electron chi connectivity index (χ1n) is 6.99. The third-order valence-electron chi connectivity index (χ3n) is 3.90. The Morgan fingerprint density at radius 2 is 1.24 bits per heavy atom. The Bertz CT molecular complexity index is 937. The van der Waals surface area contributed by atoms with E-state index >= 15 is 0 Å². The van der Waals surface area contributed by atoms with Gasteiger partial charge in [0.2, 0.25) is 0 Å². The van der Waals surface area contributed by atoms with E-state index in [0.29, 0.717) is 0 Å². The molecule has 100 valence electrons. The van der Waals surface area contributed by atoms with Crippen molar-refractivity contribution in [2.75, 3.05) is 0 Å². The molecule has 0 bridgehead atoms. The summed E-state index contributed by atoms with van der Waals surface area (Å²) in [4.78, 5) is 0. The lowest BCUT2D eigenvalue weighted by Gasteiger charge is -2.09. The Hall–Kier alpha value is -2.31. The first-order valence-corrected chi connectivity index (χ1v) is 7.36. The van der Waals surface area contributed by atoms with Crippen LogP contribution in [0.25, 0.3) is 32.7 Å². The Morgan fingerprint density at radius 3 is 2.00 bits per heavy atom. The second-order valence-corrected chi connectivity index (χ2v) is 5.67. The molecule has 4 rings (SSSR count). The van der Waals surface area contributed by atoms with Gasteiger partial charge in [0.05, 0.1) is 0 Å². The maximum absolute atomic E-state index is 6.00. The van der Waals surface area contributed by atoms with Crippen LogP contribution in [-0.4, -0.2) is 0 Å². The first-order chi connectivity index (χ1) is 10.3. The van der Waals surface area contributed by atoms with Gasteiger partial charge >= 0.3 is 0 Å². The van der Waals surface area contributed by atoms with Crippen molar-refractivity contribution in [1.29, 1.82) is 0 Å². The van der Waals surface area contributed by atoms with E-state index < -0.39 is 0 Å². The molecule has 0 aliphatic carbocycles. The average Bonchev–Trinajstić information content (AvgIpc) is 2.53. The van der Waals surface area contributed by atoms with E-state index in [4.69, 9.17) is 11.6 Å². The highest BCUT2D eigenvalue weighted by molar-refractivity contribution is 6.30. The van der Waals surface area contributed by atoms with Crippen LogP contribution in [0, 0.1) is 0 Å². The predicted molar refractivity (Wildman–Crippen MR) is 91.9 cm³/mol. The molecule has 0 N–H and O–H groups in total. The summed E-state index contributed by atoms with van der Waals surface area (Å²) in [6.45, 7) is 0. The van der Waals surface area contributed by atoms with E-state index in [1.165, 1.54) is 32.7 Å². The standard InChI is InChI=1S/C20H13Cl/c21-18-10-8-14(9-11-18)19-7-3-6-17-12-15-4-1-2-5-16(15)13-20(17)19/h1-13H. The summed E-state index contributed by atoms with van der Waals surface area (Å²) in [5, 5.41) is 5.86. The van der Waals surface area contributed by atoms with Crippen molar-refractivity contribution in [3.8, 4) is 11.1 Å². The molecule has 0 radical (unpaired) electrons. The Kier molecular flexibility index (Phi) is 2.90. The SMILES string of the molecule is Clc1ccc(-c2cccc3cc4ccccc4cc23)cc1. The molecule has 1 heteroatoms. The van der Waals surface area contributed by atoms with Crippen LogP contribution in [0.3, 0.4) is 0 Å². The fraction of sp³-hybridized carbons (Fsp3) is 0. The summed E-state index contributed by atoms with van der Waals surface area (Å²) < 4.78 is 0. The van der Waals surface area contributed by atoms with Crippen LogP contribution in [0.2, 0.25) is 5.02 Å². The van der Waals surface area contributed by atoms with Crippen LogP contribution < -0.4 is 0 Å². The summed E-state index contributed by atoms with van der Waals surface area (Å²) in [5.41, 5.74) is 2.44. The zero-order valence-corrected chi connectivity index (χ0v) is 12.1. The molecule has 0 heterocycles. The lowest BCUT2D eigenvalue weighted by molar-refractivity contribution is 1.66. The number of fused-ring (bicyclic) bond motifs is 2. The molecule has 0 aliphatic rings. The van der Waals surface area contributed by atoms with E-state index in [9.17, 15) is 0 Å². The number of benzene rings is 4. The van der Waals surface area contributed by atoms with E-state index in [2.05, 4.69) is 66.7 Å². The molecule has 0 fully saturated rings. The molecule has 4 aromatic rings. The molecule has 21 heavy (non-hydrogen) atoms. The van der Waals surface area contributed by atoms with Crippen molar-refractivity contribution in [3.05, 3.63) is 83.9 Å². The van der Waals surface area contributed by atoms with Gasteiger partial charge in [-0.1, -0.05) is 66.2 Å². The van der Waals surface area contributed by atoms with Crippen LogP contribution >= 0.6 is 11.6 Å². The molecular weight excluding hydrogens is 276 g/mol. The normalized spacial score (nSPS) is 11.1. The third kappa shape index (κ3) is 2.18. The highest BCUT2D eigenvalue weighted by Gasteiger charge is 2.05. The second-order valence-electron chi connectivity index (χ2n) is 5.23. The molecule has 0 unspecified atom stereocenters. The van der Waals surface area contributed by atoms with Gasteiger partial charge in [0, 0.05) is 5.02 Å². The van der Waals surface area contributed by atoms with E-state index in [1.807, 2.05) is 12.1 Å². The first kappa shape index (κ1) is 12.4. The molecule has 4 aromatic carbocycles. The van der Waals surface area contributed by atoms with E-state index in [-0.39, 0.29) is 0 Å². The van der Waals surface area contributed by atoms with Gasteiger partial charge in [-0.25, -0.2) is 0 Å². The highest BCUT2D eigenvalue weighted by atomic mass is 35.5. The Morgan fingerprint density at radius 1 is 0.571 bits per heavy atom. The third-order valence-corrected chi connectivity index (χ3v) is 4.15. The van der Waals surface area contributed by atoms with Crippen molar-refractivity contribution in [2.45, 2.75) is 0 Å². The molecule has 0 nitrogen and oxygen atoms in total. The lowest BCUT2D eigenvalue weighted by Crippen LogP contribution is -1.82. The van der Waals surface area contributed by atoms with Crippen molar-refractivity contribution >= 4 is 33.1 Å². The fourth-order valence-corrected chi connectivity index (χ4v) is 2.97. The van der Waals surface area contributed by atoms with Gasteiger partial charge in [-0.2, -0.15) is 0 Å². The monoisotopic (exact) mass is 288 g/mol. The van der Waals surface area contributed by atoms with Crippen molar-refractivity contribution < 1.29 is 0 Å². The van der Waals surface area contributed by atoms with Gasteiger partial charge < -0.3 is 0 Å². The maximum Gasteiger partial charge on any atom is 0.0406 e. The molecule has 0 spiro atoms. The fourth-order valence-electron chi connectivity index (χ4n) is 2.85. The molecule has 0 aliphatic heterocycles. The summed E-state index contributed by atoms with van der Waals surface area (Å²) >= 11 is 6.00. The van der Waals surface area contributed by atoms with Crippen LogP contribution in [0.1, 0.15) is 0 Å². The summed E-state index contributed by atoms with van der Waals surface area (Å²) in [6, 6.07) is 27.5. The minimum absolute atomic E-state index is 0.768. The lowest BCUT2D eigenvalue weighted by atomic mass is 9.96. The molecule has 0 aromatic heterocycles. The average molecular weight is 289 g/mol. The topological polar surface area (TPSA) is 0 Å². The van der Waals surface area contributed by atoms with Gasteiger partial charge in [0.25, 0.3) is 0 Å². The van der Waals surface area contributed by atoms with Gasteiger partial charge in [-0.15, -0.1) is 0 Å². The molecular formula is C20H13Cl. The van der Waals surface area contributed by atoms with Crippen molar-refractivity contribution in [1.82, 2.24) is 0 Å². The Labute approximate surface area is 128 Å². The maximum atomic E-state index is 6.00. The predicted octanol–water partition coefficient (Wildman–Crippen LogP) is 6.31. The minimum atomic E-state index is 0.768. The zero-order valence-electron chi connectivity index (χ0n) is 11.4. The van der Waals surface area contributed by atoms with Crippen LogP contribution in [0.4, 0.5) is 0 Å². The van der Waals surface area contributed by atoms with Crippen molar-refractivity contribution in [3.63, 3.8) is 0 Å². The number of halogens is 1. The summed E-state index contributed by atoms with van der Waals surface area (Å²) in [5.74, 6) is 0. The number of rotatable bonds is 1. The van der Waals surface area contributed by atoms with Crippen LogP contribution in [-0.2, 0) is 0 Å². The summed E-state index contributed by atoms with van der Waals surface area (Å²) in [6.07, 6.45) is 0. The van der Waals surface area contributed by atoms with Crippen molar-refractivity contribution in [2.24, 2.45) is 0 Å². The van der Waals surface area contributed by atoms with Gasteiger partial charge in [0.15, 0.2) is 0 Å².